The number of H-pyrrole nitrogens is 1. The summed E-state index contributed by atoms with van der Waals surface area (Å²) in [7, 11) is 0. The number of nitrogens with one attached hydrogen (secondary N) is 2. The van der Waals surface area contributed by atoms with Crippen molar-refractivity contribution < 1.29 is 9.53 Å². The van der Waals surface area contributed by atoms with Crippen molar-refractivity contribution in [2.75, 3.05) is 11.9 Å². The fraction of sp³-hybridized carbons (Fsp3) is 0.136. The maximum Gasteiger partial charge on any atom is 0.330 e. The minimum atomic E-state index is -0.385. The van der Waals surface area contributed by atoms with E-state index in [-0.39, 0.29) is 5.97 Å². The van der Waals surface area contributed by atoms with Gasteiger partial charge in [-0.2, -0.15) is 5.26 Å². The van der Waals surface area contributed by atoms with Crippen molar-refractivity contribution in [3.8, 4) is 6.07 Å². The molecule has 0 atom stereocenters. The second-order valence-corrected chi connectivity index (χ2v) is 7.48. The number of carbonyl (C=O) groups is 1. The number of hydrogen-bond donors (Lipinski definition) is 2. The highest BCUT2D eigenvalue weighted by molar-refractivity contribution is 7.19. The first-order valence-electron chi connectivity index (χ1n) is 9.12. The molecular formula is C22H18N4O2S. The maximum absolute atomic E-state index is 11.6. The Bertz CT molecular complexity index is 1290. The van der Waals surface area contributed by atoms with Gasteiger partial charge in [0.05, 0.1) is 17.9 Å². The van der Waals surface area contributed by atoms with E-state index in [0.29, 0.717) is 17.9 Å². The molecule has 4 rings (SSSR count). The van der Waals surface area contributed by atoms with Crippen molar-refractivity contribution in [1.29, 1.82) is 5.26 Å². The number of aromatic nitrogens is 2. The zero-order valence-electron chi connectivity index (χ0n) is 15.9. The van der Waals surface area contributed by atoms with Crippen LogP contribution in [0.4, 0.5) is 11.4 Å². The number of fused-ring (bicyclic) bond motifs is 2. The monoisotopic (exact) mass is 402 g/mol. The van der Waals surface area contributed by atoms with Crippen LogP contribution in [-0.4, -0.2) is 22.5 Å². The van der Waals surface area contributed by atoms with E-state index < -0.39 is 0 Å². The molecule has 3 aromatic heterocycles. The van der Waals surface area contributed by atoms with E-state index in [2.05, 4.69) is 21.4 Å². The number of esters is 1. The number of aromatic amines is 1. The van der Waals surface area contributed by atoms with Crippen LogP contribution in [0, 0.1) is 18.3 Å². The average molecular weight is 402 g/mol. The fourth-order valence-corrected chi connectivity index (χ4v) is 4.12. The Hall–Kier alpha value is -3.63. The van der Waals surface area contributed by atoms with Crippen molar-refractivity contribution >= 4 is 55.9 Å². The molecular weight excluding hydrogens is 384 g/mol. The van der Waals surface area contributed by atoms with Crippen LogP contribution in [0.1, 0.15) is 22.9 Å². The van der Waals surface area contributed by atoms with E-state index in [1.54, 1.807) is 19.2 Å². The Morgan fingerprint density at radius 2 is 2.24 bits per heavy atom. The Balaban J connectivity index is 1.76. The largest absolute Gasteiger partial charge is 0.463 e. The number of carbonyl (C=O) groups excluding carboxylic acids is 1. The van der Waals surface area contributed by atoms with Crippen LogP contribution in [0.3, 0.4) is 0 Å². The van der Waals surface area contributed by atoms with Gasteiger partial charge in [-0.05, 0) is 49.8 Å². The second-order valence-electron chi connectivity index (χ2n) is 6.41. The topological polar surface area (TPSA) is 90.8 Å². The third kappa shape index (κ3) is 3.58. The van der Waals surface area contributed by atoms with Gasteiger partial charge in [0, 0.05) is 45.3 Å². The highest BCUT2D eigenvalue weighted by atomic mass is 32.1. The molecule has 0 aliphatic heterocycles. The summed E-state index contributed by atoms with van der Waals surface area (Å²) in [4.78, 5) is 20.8. The molecule has 7 heteroatoms. The Kier molecular flexibility index (Phi) is 5.02. The predicted molar refractivity (Wildman–Crippen MR) is 116 cm³/mol. The molecule has 0 aliphatic rings. The van der Waals surface area contributed by atoms with E-state index in [9.17, 15) is 10.1 Å². The van der Waals surface area contributed by atoms with Crippen LogP contribution < -0.4 is 5.32 Å². The summed E-state index contributed by atoms with van der Waals surface area (Å²) in [6.07, 6.45) is 6.59. The molecule has 0 aliphatic carbocycles. The smallest absolute Gasteiger partial charge is 0.330 e. The molecule has 3 heterocycles. The zero-order chi connectivity index (χ0) is 20.4. The third-order valence-electron chi connectivity index (χ3n) is 4.64. The van der Waals surface area contributed by atoms with Crippen LogP contribution in [0.5, 0.6) is 0 Å². The minimum Gasteiger partial charge on any atom is -0.463 e. The summed E-state index contributed by atoms with van der Waals surface area (Å²) in [6, 6.07) is 10.2. The van der Waals surface area contributed by atoms with Gasteiger partial charge in [0.1, 0.15) is 10.9 Å². The van der Waals surface area contributed by atoms with Crippen molar-refractivity contribution in [3.63, 3.8) is 0 Å². The summed E-state index contributed by atoms with van der Waals surface area (Å²) >= 11 is 1.45. The molecule has 0 saturated heterocycles. The summed E-state index contributed by atoms with van der Waals surface area (Å²) in [6.45, 7) is 4.15. The number of hydrogen-bond acceptors (Lipinski definition) is 6. The third-order valence-corrected chi connectivity index (χ3v) is 5.64. The Labute approximate surface area is 171 Å². The quantitative estimate of drug-likeness (QED) is 0.350. The molecule has 0 unspecified atom stereocenters. The van der Waals surface area contributed by atoms with Gasteiger partial charge < -0.3 is 15.0 Å². The molecule has 0 amide bonds. The fourth-order valence-electron chi connectivity index (χ4n) is 3.20. The predicted octanol–water partition coefficient (Wildman–Crippen LogP) is 5.28. The highest BCUT2D eigenvalue weighted by Crippen LogP contribution is 2.36. The van der Waals surface area contributed by atoms with Crippen molar-refractivity contribution in [2.45, 2.75) is 13.8 Å². The number of pyridine rings is 1. The van der Waals surface area contributed by atoms with Gasteiger partial charge >= 0.3 is 5.97 Å². The SMILES string of the molecule is CCOC(=O)C=Cc1cc2c(Nc3ccc4[nH]ccc4c3C)c(C#N)cnc2s1. The lowest BCUT2D eigenvalue weighted by Crippen LogP contribution is -1.98. The van der Waals surface area contributed by atoms with Gasteiger partial charge in [-0.25, -0.2) is 9.78 Å². The lowest BCUT2D eigenvalue weighted by Gasteiger charge is -2.12. The van der Waals surface area contributed by atoms with Gasteiger partial charge in [0.15, 0.2) is 0 Å². The average Bonchev–Trinajstić information content (AvgIpc) is 3.36. The molecule has 6 nitrogen and oxygen atoms in total. The normalized spacial score (nSPS) is 11.2. The number of benzene rings is 1. The van der Waals surface area contributed by atoms with Crippen LogP contribution in [-0.2, 0) is 9.53 Å². The van der Waals surface area contributed by atoms with E-state index >= 15 is 0 Å². The number of nitrogens with zero attached hydrogens (tertiary/aromatic N) is 2. The van der Waals surface area contributed by atoms with Crippen LogP contribution >= 0.6 is 11.3 Å². The number of aryl methyl sites for hydroxylation is 1. The van der Waals surface area contributed by atoms with Gasteiger partial charge in [-0.15, -0.1) is 11.3 Å². The van der Waals surface area contributed by atoms with E-state index in [4.69, 9.17) is 4.74 Å². The first-order valence-corrected chi connectivity index (χ1v) is 9.93. The van der Waals surface area contributed by atoms with Gasteiger partial charge in [-0.3, -0.25) is 0 Å². The molecule has 0 fully saturated rings. The Morgan fingerprint density at radius 1 is 1.38 bits per heavy atom. The molecule has 144 valence electrons. The minimum absolute atomic E-state index is 0.335. The van der Waals surface area contributed by atoms with Crippen molar-refractivity contribution in [3.05, 3.63) is 58.7 Å². The van der Waals surface area contributed by atoms with E-state index in [1.807, 2.05) is 37.4 Å². The number of thiophene rings is 1. The van der Waals surface area contributed by atoms with Crippen LogP contribution in [0.2, 0.25) is 0 Å². The second kappa shape index (κ2) is 7.78. The molecule has 4 aromatic rings. The number of anilines is 2. The molecule has 0 bridgehead atoms. The van der Waals surface area contributed by atoms with E-state index in [1.165, 1.54) is 17.4 Å². The molecule has 0 saturated carbocycles. The first-order chi connectivity index (χ1) is 14.1. The summed E-state index contributed by atoms with van der Waals surface area (Å²) < 4.78 is 4.92. The Morgan fingerprint density at radius 3 is 3.03 bits per heavy atom. The zero-order valence-corrected chi connectivity index (χ0v) is 16.8. The highest BCUT2D eigenvalue weighted by Gasteiger charge is 2.14. The standard InChI is InChI=1S/C22H18N4O2S/c1-3-28-20(27)7-4-15-10-17-21(14(11-23)12-25-22(17)29-15)26-18-5-6-19-16(13(18)2)8-9-24-19/h4-10,12,24H,3H2,1-2H3,(H,25,26). The number of ether oxygens (including phenoxy) is 1. The molecule has 1 aromatic carbocycles. The lowest BCUT2D eigenvalue weighted by molar-refractivity contribution is -0.137. The van der Waals surface area contributed by atoms with Crippen molar-refractivity contribution in [1.82, 2.24) is 9.97 Å². The molecule has 29 heavy (non-hydrogen) atoms. The molecule has 0 radical (unpaired) electrons. The van der Waals surface area contributed by atoms with E-state index in [0.717, 1.165) is 37.2 Å². The van der Waals surface area contributed by atoms with Gasteiger partial charge in [0.2, 0.25) is 0 Å². The number of rotatable bonds is 5. The summed E-state index contributed by atoms with van der Waals surface area (Å²) in [5.41, 5.74) is 4.26. The van der Waals surface area contributed by atoms with Crippen molar-refractivity contribution in [2.24, 2.45) is 0 Å². The number of nitriles is 1. The summed E-state index contributed by atoms with van der Waals surface area (Å²) in [5.74, 6) is -0.385. The first kappa shape index (κ1) is 18.7. The molecule has 0 spiro atoms. The van der Waals surface area contributed by atoms with Gasteiger partial charge in [0.25, 0.3) is 0 Å². The van der Waals surface area contributed by atoms with Crippen LogP contribution in [0.15, 0.2) is 42.7 Å². The summed E-state index contributed by atoms with van der Waals surface area (Å²) in [5, 5.41) is 15.0. The van der Waals surface area contributed by atoms with Crippen LogP contribution in [0.25, 0.3) is 27.2 Å². The maximum atomic E-state index is 11.6. The lowest BCUT2D eigenvalue weighted by atomic mass is 10.1. The van der Waals surface area contributed by atoms with Gasteiger partial charge in [-0.1, -0.05) is 0 Å². The molecule has 2 N–H and O–H groups in total.